The lowest BCUT2D eigenvalue weighted by molar-refractivity contribution is -0.112. The van der Waals surface area contributed by atoms with Crippen molar-refractivity contribution in [3.63, 3.8) is 0 Å². The van der Waals surface area contributed by atoms with Gasteiger partial charge in [0.1, 0.15) is 12.9 Å². The molecule has 1 N–H and O–H groups in total. The number of rotatable bonds is 4. The Kier molecular flexibility index (Phi) is 4.93. The first-order valence-corrected chi connectivity index (χ1v) is 6.80. The molecule has 0 heterocycles. The quantitative estimate of drug-likeness (QED) is 0.678. The molecule has 0 unspecified atom stereocenters. The SMILES string of the molecule is C[C@H]1CC=C[C@@H](NC(=O)OCc2ccccc2)[C@@H]1C=O. The minimum absolute atomic E-state index is 0.190. The maximum atomic E-state index is 11.8. The highest BCUT2D eigenvalue weighted by Crippen LogP contribution is 2.23. The lowest BCUT2D eigenvalue weighted by Crippen LogP contribution is -2.43. The van der Waals surface area contributed by atoms with E-state index in [9.17, 15) is 9.59 Å². The molecule has 0 bridgehead atoms. The van der Waals surface area contributed by atoms with Crippen molar-refractivity contribution in [1.82, 2.24) is 5.32 Å². The van der Waals surface area contributed by atoms with Gasteiger partial charge in [-0.15, -0.1) is 0 Å². The van der Waals surface area contributed by atoms with Crippen molar-refractivity contribution in [3.8, 4) is 0 Å². The molecule has 0 fully saturated rings. The predicted molar refractivity (Wildman–Crippen MR) is 76.0 cm³/mol. The average molecular weight is 273 g/mol. The zero-order valence-corrected chi connectivity index (χ0v) is 11.5. The normalized spacial score (nSPS) is 24.9. The van der Waals surface area contributed by atoms with E-state index >= 15 is 0 Å². The molecule has 0 aliphatic heterocycles. The van der Waals surface area contributed by atoms with Crippen LogP contribution in [-0.4, -0.2) is 18.4 Å². The van der Waals surface area contributed by atoms with Gasteiger partial charge in [0, 0.05) is 5.92 Å². The monoisotopic (exact) mass is 273 g/mol. The summed E-state index contributed by atoms with van der Waals surface area (Å²) in [6.45, 7) is 2.23. The van der Waals surface area contributed by atoms with Crippen LogP contribution in [0, 0.1) is 11.8 Å². The van der Waals surface area contributed by atoms with Crippen molar-refractivity contribution in [3.05, 3.63) is 48.0 Å². The number of carbonyl (C=O) groups excluding carboxylic acids is 2. The standard InChI is InChI=1S/C16H19NO3/c1-12-6-5-9-15(14(12)10-18)17-16(19)20-11-13-7-3-2-4-8-13/h2-5,7-10,12,14-15H,6,11H2,1H3,(H,17,19)/t12-,14+,15+/m0/s1. The minimum atomic E-state index is -0.496. The van der Waals surface area contributed by atoms with Gasteiger partial charge in [-0.3, -0.25) is 0 Å². The number of amides is 1. The second kappa shape index (κ2) is 6.89. The van der Waals surface area contributed by atoms with Gasteiger partial charge in [0.2, 0.25) is 0 Å². The van der Waals surface area contributed by atoms with Gasteiger partial charge in [-0.25, -0.2) is 4.79 Å². The number of nitrogens with one attached hydrogen (secondary N) is 1. The van der Waals surface area contributed by atoms with Crippen molar-refractivity contribution < 1.29 is 14.3 Å². The fourth-order valence-corrected chi connectivity index (χ4v) is 2.34. The summed E-state index contributed by atoms with van der Waals surface area (Å²) in [5.41, 5.74) is 0.933. The minimum Gasteiger partial charge on any atom is -0.445 e. The largest absolute Gasteiger partial charge is 0.445 e. The van der Waals surface area contributed by atoms with Crippen molar-refractivity contribution >= 4 is 12.4 Å². The Labute approximate surface area is 118 Å². The average Bonchev–Trinajstić information content (AvgIpc) is 2.46. The van der Waals surface area contributed by atoms with Crippen LogP contribution in [0.4, 0.5) is 4.79 Å². The highest BCUT2D eigenvalue weighted by atomic mass is 16.5. The molecule has 4 heteroatoms. The van der Waals surface area contributed by atoms with Gasteiger partial charge < -0.3 is 14.8 Å². The molecular formula is C16H19NO3. The summed E-state index contributed by atoms with van der Waals surface area (Å²) in [6.07, 6.45) is 5.14. The topological polar surface area (TPSA) is 55.4 Å². The Morgan fingerprint density at radius 1 is 1.40 bits per heavy atom. The molecule has 2 rings (SSSR count). The molecule has 0 saturated heterocycles. The zero-order valence-electron chi connectivity index (χ0n) is 11.5. The van der Waals surface area contributed by atoms with Gasteiger partial charge in [-0.2, -0.15) is 0 Å². The molecule has 0 spiro atoms. The van der Waals surface area contributed by atoms with Crippen LogP contribution < -0.4 is 5.32 Å². The number of allylic oxidation sites excluding steroid dienone is 1. The Bertz CT molecular complexity index is 484. The van der Waals surface area contributed by atoms with E-state index in [0.29, 0.717) is 0 Å². The Balaban J connectivity index is 1.86. The molecule has 0 saturated carbocycles. The highest BCUT2D eigenvalue weighted by molar-refractivity contribution is 5.69. The molecule has 1 aromatic carbocycles. The van der Waals surface area contributed by atoms with Gasteiger partial charge in [0.25, 0.3) is 0 Å². The molecule has 3 atom stereocenters. The summed E-state index contributed by atoms with van der Waals surface area (Å²) in [5, 5.41) is 2.74. The molecule has 4 nitrogen and oxygen atoms in total. The zero-order chi connectivity index (χ0) is 14.4. The van der Waals surface area contributed by atoms with Crippen LogP contribution >= 0.6 is 0 Å². The smallest absolute Gasteiger partial charge is 0.407 e. The number of benzene rings is 1. The number of alkyl carbamates (subject to hydrolysis) is 1. The van der Waals surface area contributed by atoms with Gasteiger partial charge in [-0.1, -0.05) is 49.4 Å². The second-order valence-electron chi connectivity index (χ2n) is 5.09. The third kappa shape index (κ3) is 3.70. The van der Waals surface area contributed by atoms with Gasteiger partial charge in [-0.05, 0) is 17.9 Å². The van der Waals surface area contributed by atoms with Crippen molar-refractivity contribution in [2.45, 2.75) is 26.0 Å². The maximum Gasteiger partial charge on any atom is 0.407 e. The van der Waals surface area contributed by atoms with Crippen LogP contribution in [0.15, 0.2) is 42.5 Å². The molecule has 20 heavy (non-hydrogen) atoms. The third-order valence-corrected chi connectivity index (χ3v) is 3.58. The van der Waals surface area contributed by atoms with E-state index in [4.69, 9.17) is 4.74 Å². The number of hydrogen-bond donors (Lipinski definition) is 1. The summed E-state index contributed by atoms with van der Waals surface area (Å²) in [4.78, 5) is 22.9. The molecule has 1 amide bonds. The summed E-state index contributed by atoms with van der Waals surface area (Å²) in [7, 11) is 0. The fraction of sp³-hybridized carbons (Fsp3) is 0.375. The Morgan fingerprint density at radius 2 is 2.15 bits per heavy atom. The van der Waals surface area contributed by atoms with Crippen LogP contribution in [0.1, 0.15) is 18.9 Å². The van der Waals surface area contributed by atoms with Crippen LogP contribution in [-0.2, 0) is 16.1 Å². The summed E-state index contributed by atoms with van der Waals surface area (Å²) in [5.74, 6) is 0.0428. The molecule has 0 radical (unpaired) electrons. The van der Waals surface area contributed by atoms with E-state index in [2.05, 4.69) is 5.32 Å². The predicted octanol–water partition coefficient (Wildman–Crippen LogP) is 2.69. The summed E-state index contributed by atoms with van der Waals surface area (Å²) < 4.78 is 5.16. The third-order valence-electron chi connectivity index (χ3n) is 3.58. The number of hydrogen-bond acceptors (Lipinski definition) is 3. The first-order valence-electron chi connectivity index (χ1n) is 6.80. The number of aldehydes is 1. The van der Waals surface area contributed by atoms with E-state index in [1.165, 1.54) is 0 Å². The van der Waals surface area contributed by atoms with Crippen LogP contribution in [0.3, 0.4) is 0 Å². The lowest BCUT2D eigenvalue weighted by Gasteiger charge is -2.28. The van der Waals surface area contributed by atoms with Gasteiger partial charge in [0.15, 0.2) is 0 Å². The molecule has 1 aromatic rings. The fourth-order valence-electron chi connectivity index (χ4n) is 2.34. The van der Waals surface area contributed by atoms with E-state index < -0.39 is 6.09 Å². The van der Waals surface area contributed by atoms with Gasteiger partial charge in [0.05, 0.1) is 6.04 Å². The van der Waals surface area contributed by atoms with Crippen molar-refractivity contribution in [1.29, 1.82) is 0 Å². The van der Waals surface area contributed by atoms with E-state index in [1.807, 2.05) is 49.4 Å². The molecule has 1 aliphatic carbocycles. The lowest BCUT2D eigenvalue weighted by atomic mass is 9.82. The summed E-state index contributed by atoms with van der Waals surface area (Å²) in [6, 6.07) is 9.20. The van der Waals surface area contributed by atoms with E-state index in [0.717, 1.165) is 18.3 Å². The first kappa shape index (κ1) is 14.3. The van der Waals surface area contributed by atoms with Crippen molar-refractivity contribution in [2.75, 3.05) is 0 Å². The van der Waals surface area contributed by atoms with Crippen molar-refractivity contribution in [2.24, 2.45) is 11.8 Å². The number of ether oxygens (including phenoxy) is 1. The second-order valence-corrected chi connectivity index (χ2v) is 5.09. The number of carbonyl (C=O) groups is 2. The maximum absolute atomic E-state index is 11.8. The first-order chi connectivity index (χ1) is 9.70. The van der Waals surface area contributed by atoms with Crippen LogP contribution in [0.2, 0.25) is 0 Å². The highest BCUT2D eigenvalue weighted by Gasteiger charge is 2.28. The Hall–Kier alpha value is -2.10. The van der Waals surface area contributed by atoms with Crippen LogP contribution in [0.5, 0.6) is 0 Å². The Morgan fingerprint density at radius 3 is 2.85 bits per heavy atom. The molecule has 0 aromatic heterocycles. The molecular weight excluding hydrogens is 254 g/mol. The summed E-state index contributed by atoms with van der Waals surface area (Å²) >= 11 is 0. The van der Waals surface area contributed by atoms with Gasteiger partial charge >= 0.3 is 6.09 Å². The molecule has 106 valence electrons. The van der Waals surface area contributed by atoms with E-state index in [-0.39, 0.29) is 24.5 Å². The van der Waals surface area contributed by atoms with Crippen LogP contribution in [0.25, 0.3) is 0 Å². The van der Waals surface area contributed by atoms with E-state index in [1.54, 1.807) is 0 Å². The molecule has 1 aliphatic rings.